The lowest BCUT2D eigenvalue weighted by atomic mass is 10.00. The molecule has 17 heavy (non-hydrogen) atoms. The topological polar surface area (TPSA) is 23.5 Å². The Hall–Kier alpha value is -1.45. The molecule has 2 aromatic rings. The molecule has 0 amide bonds. The third kappa shape index (κ3) is 1.72. The van der Waals surface area contributed by atoms with Crippen molar-refractivity contribution in [3.05, 3.63) is 59.7 Å². The van der Waals surface area contributed by atoms with E-state index in [1.165, 1.54) is 0 Å². The Labute approximate surface area is 105 Å². The first-order valence-corrected chi connectivity index (χ1v) is 6.32. The lowest BCUT2D eigenvalue weighted by molar-refractivity contribution is 0.218. The molecule has 86 valence electrons. The normalized spacial score (nSPS) is 18.2. The monoisotopic (exact) mass is 243 g/mol. The Bertz CT molecular complexity index is 555. The number of hydrogen-bond donors (Lipinski definition) is 1. The van der Waals surface area contributed by atoms with Gasteiger partial charge in [-0.05, 0) is 24.1 Å². The molecule has 1 atom stereocenters. The second kappa shape index (κ2) is 4.09. The van der Waals surface area contributed by atoms with Crippen molar-refractivity contribution in [1.29, 1.82) is 0 Å². The molecule has 0 saturated heterocycles. The van der Waals surface area contributed by atoms with Crippen LogP contribution in [0.5, 0.6) is 0 Å². The Morgan fingerprint density at radius 3 is 2.47 bits per heavy atom. The molecule has 0 spiro atoms. The van der Waals surface area contributed by atoms with E-state index >= 15 is 0 Å². The standard InChI is InChI=1S/C14H13NOS/c1-15-12-8-4-2-6-10(12)14(16)11-7-3-5-9-13(11)17-15/h2-9,14,16H,1H3. The van der Waals surface area contributed by atoms with Crippen LogP contribution in [0.2, 0.25) is 0 Å². The fourth-order valence-corrected chi connectivity index (χ4v) is 3.14. The van der Waals surface area contributed by atoms with E-state index in [1.807, 2.05) is 55.6 Å². The maximum Gasteiger partial charge on any atom is 0.107 e. The maximum atomic E-state index is 10.5. The highest BCUT2D eigenvalue weighted by atomic mass is 32.2. The molecule has 0 saturated carbocycles. The van der Waals surface area contributed by atoms with Gasteiger partial charge in [0.1, 0.15) is 6.10 Å². The lowest BCUT2D eigenvalue weighted by Crippen LogP contribution is -2.07. The number of rotatable bonds is 0. The highest BCUT2D eigenvalue weighted by Gasteiger charge is 2.23. The number of aliphatic hydroxyl groups excluding tert-OH is 1. The summed E-state index contributed by atoms with van der Waals surface area (Å²) in [5.74, 6) is 0. The molecule has 0 aromatic heterocycles. The van der Waals surface area contributed by atoms with Gasteiger partial charge >= 0.3 is 0 Å². The Morgan fingerprint density at radius 1 is 1.00 bits per heavy atom. The van der Waals surface area contributed by atoms with Gasteiger partial charge in [-0.25, -0.2) is 0 Å². The number of fused-ring (bicyclic) bond motifs is 2. The molecule has 1 aliphatic heterocycles. The first-order chi connectivity index (χ1) is 8.27. The Balaban J connectivity index is 2.22. The van der Waals surface area contributed by atoms with Gasteiger partial charge in [0.15, 0.2) is 0 Å². The lowest BCUT2D eigenvalue weighted by Gasteiger charge is -2.18. The van der Waals surface area contributed by atoms with E-state index in [4.69, 9.17) is 0 Å². The van der Waals surface area contributed by atoms with Crippen LogP contribution < -0.4 is 4.31 Å². The summed E-state index contributed by atoms with van der Waals surface area (Å²) in [6.45, 7) is 0. The fourth-order valence-electron chi connectivity index (χ4n) is 2.16. The molecule has 0 fully saturated rings. The van der Waals surface area contributed by atoms with Gasteiger partial charge in [-0.3, -0.25) is 0 Å². The van der Waals surface area contributed by atoms with Crippen LogP contribution in [0.4, 0.5) is 5.69 Å². The van der Waals surface area contributed by atoms with Crippen molar-refractivity contribution >= 4 is 17.6 Å². The predicted molar refractivity (Wildman–Crippen MR) is 71.2 cm³/mol. The highest BCUT2D eigenvalue weighted by molar-refractivity contribution is 8.00. The summed E-state index contributed by atoms with van der Waals surface area (Å²) in [4.78, 5) is 1.11. The molecule has 1 heterocycles. The fraction of sp³-hybridized carbons (Fsp3) is 0.143. The van der Waals surface area contributed by atoms with Gasteiger partial charge in [-0.2, -0.15) is 0 Å². The summed E-state index contributed by atoms with van der Waals surface area (Å²) in [6.07, 6.45) is -0.542. The Kier molecular flexibility index (Phi) is 2.57. The molecule has 0 bridgehead atoms. The zero-order valence-electron chi connectivity index (χ0n) is 9.50. The van der Waals surface area contributed by atoms with Crippen LogP contribution in [0.3, 0.4) is 0 Å². The van der Waals surface area contributed by atoms with Crippen molar-refractivity contribution in [2.75, 3.05) is 11.4 Å². The van der Waals surface area contributed by atoms with E-state index in [9.17, 15) is 5.11 Å². The molecular formula is C14H13NOS. The van der Waals surface area contributed by atoms with Crippen molar-refractivity contribution in [3.63, 3.8) is 0 Å². The molecule has 0 aliphatic carbocycles. The molecule has 0 radical (unpaired) electrons. The van der Waals surface area contributed by atoms with E-state index in [0.29, 0.717) is 0 Å². The first kappa shape index (κ1) is 10.7. The van der Waals surface area contributed by atoms with Gasteiger partial charge in [-0.1, -0.05) is 36.4 Å². The van der Waals surface area contributed by atoms with Gasteiger partial charge in [0.2, 0.25) is 0 Å². The summed E-state index contributed by atoms with van der Waals surface area (Å²) in [7, 11) is 2.03. The van der Waals surface area contributed by atoms with E-state index < -0.39 is 6.10 Å². The quantitative estimate of drug-likeness (QED) is 0.719. The summed E-state index contributed by atoms with van der Waals surface area (Å²) >= 11 is 1.65. The third-order valence-electron chi connectivity index (χ3n) is 3.02. The first-order valence-electron chi connectivity index (χ1n) is 5.55. The highest BCUT2D eigenvalue weighted by Crippen LogP contribution is 2.42. The van der Waals surface area contributed by atoms with Gasteiger partial charge < -0.3 is 9.41 Å². The van der Waals surface area contributed by atoms with Crippen LogP contribution in [0.1, 0.15) is 17.2 Å². The van der Waals surface area contributed by atoms with Gasteiger partial charge in [0.25, 0.3) is 0 Å². The van der Waals surface area contributed by atoms with E-state index in [0.717, 1.165) is 21.7 Å². The number of benzene rings is 2. The average molecular weight is 243 g/mol. The number of hydrogen-bond acceptors (Lipinski definition) is 3. The Morgan fingerprint density at radius 2 is 1.65 bits per heavy atom. The summed E-state index contributed by atoms with van der Waals surface area (Å²) < 4.78 is 2.10. The molecule has 1 unspecified atom stereocenters. The van der Waals surface area contributed by atoms with Crippen molar-refractivity contribution in [3.8, 4) is 0 Å². The van der Waals surface area contributed by atoms with Gasteiger partial charge in [0.05, 0.1) is 5.69 Å². The van der Waals surface area contributed by atoms with Crippen LogP contribution in [-0.2, 0) is 0 Å². The van der Waals surface area contributed by atoms with Crippen LogP contribution >= 0.6 is 11.9 Å². The summed E-state index contributed by atoms with van der Waals surface area (Å²) in [5, 5.41) is 10.5. The number of aliphatic hydroxyl groups is 1. The molecule has 3 rings (SSSR count). The minimum absolute atomic E-state index is 0.542. The molecule has 3 heteroatoms. The van der Waals surface area contributed by atoms with Crippen molar-refractivity contribution in [2.24, 2.45) is 0 Å². The molecule has 2 aromatic carbocycles. The van der Waals surface area contributed by atoms with E-state index in [-0.39, 0.29) is 0 Å². The minimum atomic E-state index is -0.542. The zero-order chi connectivity index (χ0) is 11.8. The van der Waals surface area contributed by atoms with Crippen LogP contribution in [0, 0.1) is 0 Å². The second-order valence-electron chi connectivity index (χ2n) is 4.09. The summed E-state index contributed by atoms with van der Waals surface area (Å²) in [5.41, 5.74) is 3.02. The van der Waals surface area contributed by atoms with Crippen molar-refractivity contribution < 1.29 is 5.11 Å². The van der Waals surface area contributed by atoms with Crippen LogP contribution in [-0.4, -0.2) is 12.2 Å². The summed E-state index contributed by atoms with van der Waals surface area (Å²) in [6, 6.07) is 16.0. The van der Waals surface area contributed by atoms with Crippen molar-refractivity contribution in [2.45, 2.75) is 11.0 Å². The largest absolute Gasteiger partial charge is 0.384 e. The van der Waals surface area contributed by atoms with E-state index in [1.54, 1.807) is 11.9 Å². The molecule has 1 N–H and O–H groups in total. The van der Waals surface area contributed by atoms with Gasteiger partial charge in [0, 0.05) is 23.1 Å². The average Bonchev–Trinajstić information content (AvgIpc) is 2.48. The van der Waals surface area contributed by atoms with Crippen LogP contribution in [0.15, 0.2) is 53.4 Å². The second-order valence-corrected chi connectivity index (χ2v) is 5.26. The zero-order valence-corrected chi connectivity index (χ0v) is 10.3. The van der Waals surface area contributed by atoms with Crippen molar-refractivity contribution in [1.82, 2.24) is 0 Å². The van der Waals surface area contributed by atoms with Gasteiger partial charge in [-0.15, -0.1) is 0 Å². The minimum Gasteiger partial charge on any atom is -0.384 e. The SMILES string of the molecule is CN1Sc2ccccc2C(O)c2ccccc21. The molecular weight excluding hydrogens is 230 g/mol. The number of para-hydroxylation sites is 1. The van der Waals surface area contributed by atoms with Crippen LogP contribution in [0.25, 0.3) is 0 Å². The maximum absolute atomic E-state index is 10.5. The smallest absolute Gasteiger partial charge is 0.107 e. The number of anilines is 1. The predicted octanol–water partition coefficient (Wildman–Crippen LogP) is 3.23. The molecule has 2 nitrogen and oxygen atoms in total. The van der Waals surface area contributed by atoms with E-state index in [2.05, 4.69) is 4.31 Å². The third-order valence-corrected chi connectivity index (χ3v) is 4.06. The molecule has 1 aliphatic rings. The number of nitrogens with zero attached hydrogens (tertiary/aromatic N) is 1.